The number of amides is 1. The number of aromatic nitrogens is 5. The van der Waals surface area contributed by atoms with E-state index in [4.69, 9.17) is 16.3 Å². The molecule has 0 saturated heterocycles. The number of halogens is 1. The van der Waals surface area contributed by atoms with Crippen LogP contribution in [-0.2, 0) is 0 Å². The van der Waals surface area contributed by atoms with Crippen molar-refractivity contribution in [1.82, 2.24) is 24.9 Å². The second-order valence-corrected chi connectivity index (χ2v) is 9.50. The van der Waals surface area contributed by atoms with Crippen molar-refractivity contribution >= 4 is 44.5 Å². The Labute approximate surface area is 204 Å². The summed E-state index contributed by atoms with van der Waals surface area (Å²) in [5, 5.41) is 13.3. The maximum absolute atomic E-state index is 13.3. The molecule has 4 aromatic heterocycles. The molecule has 0 aliphatic heterocycles. The van der Waals surface area contributed by atoms with Gasteiger partial charge in [0.25, 0.3) is 5.91 Å². The molecule has 2 unspecified atom stereocenters. The number of thiazole rings is 1. The van der Waals surface area contributed by atoms with Crippen molar-refractivity contribution < 1.29 is 14.6 Å². The molecular formula is C23H21ClN6O3S. The van der Waals surface area contributed by atoms with Crippen LogP contribution in [0.2, 0.25) is 5.15 Å². The van der Waals surface area contributed by atoms with Crippen LogP contribution in [0.4, 0.5) is 5.13 Å². The number of anilines is 1. The Morgan fingerprint density at radius 2 is 2.00 bits per heavy atom. The highest BCUT2D eigenvalue weighted by atomic mass is 35.5. The summed E-state index contributed by atoms with van der Waals surface area (Å²) in [7, 11) is 1.53. The number of nitrogens with zero attached hydrogens (tertiary/aromatic N) is 5. The lowest BCUT2D eigenvalue weighted by Gasteiger charge is -2.13. The van der Waals surface area contributed by atoms with Gasteiger partial charge < -0.3 is 9.84 Å². The highest BCUT2D eigenvalue weighted by Crippen LogP contribution is 2.36. The summed E-state index contributed by atoms with van der Waals surface area (Å²) >= 11 is 7.37. The van der Waals surface area contributed by atoms with E-state index < -0.39 is 0 Å². The Balaban J connectivity index is 1.45. The van der Waals surface area contributed by atoms with E-state index in [2.05, 4.69) is 30.2 Å². The van der Waals surface area contributed by atoms with Crippen molar-refractivity contribution in [2.75, 3.05) is 12.4 Å². The summed E-state index contributed by atoms with van der Waals surface area (Å²) in [5.41, 5.74) is 3.64. The summed E-state index contributed by atoms with van der Waals surface area (Å²) in [5.74, 6) is 0.299. The van der Waals surface area contributed by atoms with E-state index in [1.54, 1.807) is 18.3 Å². The molecule has 1 fully saturated rings. The van der Waals surface area contributed by atoms with Crippen LogP contribution in [0.15, 0.2) is 30.7 Å². The molecule has 0 spiro atoms. The molecule has 1 amide bonds. The van der Waals surface area contributed by atoms with Gasteiger partial charge in [0.05, 0.1) is 36.9 Å². The SMILES string of the molecule is COc1cnc(Cl)cc1-c1cc(C)ncc1C(=O)Nc1nc2ncc(C3CCC(O)C3)nc2s1. The van der Waals surface area contributed by atoms with Gasteiger partial charge in [0, 0.05) is 28.9 Å². The van der Waals surface area contributed by atoms with Gasteiger partial charge in [-0.3, -0.25) is 15.1 Å². The van der Waals surface area contributed by atoms with E-state index in [1.807, 2.05) is 6.92 Å². The Morgan fingerprint density at radius 3 is 2.76 bits per heavy atom. The van der Waals surface area contributed by atoms with Gasteiger partial charge in [0.15, 0.2) is 15.6 Å². The molecule has 9 nitrogen and oxygen atoms in total. The van der Waals surface area contributed by atoms with Crippen LogP contribution in [0.5, 0.6) is 5.75 Å². The molecule has 1 saturated carbocycles. The summed E-state index contributed by atoms with van der Waals surface area (Å²) in [4.78, 5) is 35.8. The van der Waals surface area contributed by atoms with Gasteiger partial charge in [-0.15, -0.1) is 0 Å². The van der Waals surface area contributed by atoms with Crippen molar-refractivity contribution in [2.45, 2.75) is 38.2 Å². The van der Waals surface area contributed by atoms with E-state index in [0.717, 1.165) is 24.2 Å². The maximum Gasteiger partial charge on any atom is 0.259 e. The number of aliphatic hydroxyl groups is 1. The zero-order chi connectivity index (χ0) is 23.8. The molecule has 4 aromatic rings. The van der Waals surface area contributed by atoms with Gasteiger partial charge >= 0.3 is 0 Å². The number of hydrogen-bond acceptors (Lipinski definition) is 9. The van der Waals surface area contributed by atoms with E-state index in [-0.39, 0.29) is 23.1 Å². The largest absolute Gasteiger partial charge is 0.494 e. The van der Waals surface area contributed by atoms with Gasteiger partial charge in [0.1, 0.15) is 10.9 Å². The number of ether oxygens (including phenoxy) is 1. The molecule has 11 heteroatoms. The fourth-order valence-corrected chi connectivity index (χ4v) is 5.09. The van der Waals surface area contributed by atoms with Crippen LogP contribution in [0.1, 0.15) is 46.9 Å². The molecule has 0 aromatic carbocycles. The molecule has 2 N–H and O–H groups in total. The standard InChI is InChI=1S/C23H21ClN6O3S/c1-11-5-14(15-7-19(24)26-10-18(15)33-2)16(8-25-11)21(32)30-23-29-20-22(34-23)28-17(9-27-20)12-3-4-13(31)6-12/h5,7-10,12-13,31H,3-4,6H2,1-2H3,(H,27,29,30,32). The molecule has 1 aliphatic rings. The number of nitrogens with one attached hydrogen (secondary N) is 1. The third-order valence-corrected chi connectivity index (χ3v) is 6.88. The maximum atomic E-state index is 13.3. The number of pyridine rings is 2. The number of rotatable bonds is 5. The summed E-state index contributed by atoms with van der Waals surface area (Å²) in [6.07, 6.45) is 6.79. The van der Waals surface area contributed by atoms with Crippen LogP contribution >= 0.6 is 22.9 Å². The number of fused-ring (bicyclic) bond motifs is 1. The molecule has 174 valence electrons. The molecular weight excluding hydrogens is 476 g/mol. The van der Waals surface area contributed by atoms with Crippen molar-refractivity contribution in [2.24, 2.45) is 0 Å². The molecule has 0 bridgehead atoms. The molecule has 34 heavy (non-hydrogen) atoms. The van der Waals surface area contributed by atoms with Crippen molar-refractivity contribution in [3.8, 4) is 16.9 Å². The Morgan fingerprint density at radius 1 is 1.15 bits per heavy atom. The summed E-state index contributed by atoms with van der Waals surface area (Å²) in [6, 6.07) is 3.45. The highest BCUT2D eigenvalue weighted by Gasteiger charge is 2.26. The minimum atomic E-state index is -0.379. The first-order chi connectivity index (χ1) is 16.4. The molecule has 2 atom stereocenters. The van der Waals surface area contributed by atoms with Gasteiger partial charge in [-0.2, -0.15) is 4.98 Å². The van der Waals surface area contributed by atoms with Gasteiger partial charge in [0.2, 0.25) is 0 Å². The fraction of sp³-hybridized carbons (Fsp3) is 0.304. The quantitative estimate of drug-likeness (QED) is 0.390. The smallest absolute Gasteiger partial charge is 0.259 e. The first-order valence-electron chi connectivity index (χ1n) is 10.7. The van der Waals surface area contributed by atoms with E-state index >= 15 is 0 Å². The highest BCUT2D eigenvalue weighted by molar-refractivity contribution is 7.21. The molecule has 5 rings (SSSR count). The molecule has 1 aliphatic carbocycles. The van der Waals surface area contributed by atoms with Gasteiger partial charge in [-0.05, 0) is 38.3 Å². The predicted octanol–water partition coefficient (Wildman–Crippen LogP) is 4.39. The number of aliphatic hydroxyl groups excluding tert-OH is 1. The minimum Gasteiger partial charge on any atom is -0.494 e. The van der Waals surface area contributed by atoms with E-state index in [1.165, 1.54) is 30.8 Å². The number of carbonyl (C=O) groups is 1. The van der Waals surface area contributed by atoms with Crippen LogP contribution in [0.3, 0.4) is 0 Å². The Hall–Kier alpha value is -3.21. The zero-order valence-electron chi connectivity index (χ0n) is 18.4. The lowest BCUT2D eigenvalue weighted by atomic mass is 10.0. The number of aryl methyl sites for hydroxylation is 1. The van der Waals surface area contributed by atoms with Crippen LogP contribution in [-0.4, -0.2) is 49.1 Å². The van der Waals surface area contributed by atoms with E-state index in [9.17, 15) is 9.90 Å². The first-order valence-corrected chi connectivity index (χ1v) is 11.9. The van der Waals surface area contributed by atoms with Crippen molar-refractivity contribution in [1.29, 1.82) is 0 Å². The monoisotopic (exact) mass is 496 g/mol. The average molecular weight is 497 g/mol. The first kappa shape index (κ1) is 22.6. The van der Waals surface area contributed by atoms with Crippen molar-refractivity contribution in [3.63, 3.8) is 0 Å². The predicted molar refractivity (Wildman–Crippen MR) is 130 cm³/mol. The van der Waals surface area contributed by atoms with Gasteiger partial charge in [-0.25, -0.2) is 15.0 Å². The Kier molecular flexibility index (Phi) is 6.11. The van der Waals surface area contributed by atoms with Crippen LogP contribution in [0, 0.1) is 6.92 Å². The zero-order valence-corrected chi connectivity index (χ0v) is 20.0. The molecule has 4 heterocycles. The normalized spacial score (nSPS) is 17.8. The minimum absolute atomic E-state index is 0.190. The van der Waals surface area contributed by atoms with Crippen molar-refractivity contribution in [3.05, 3.63) is 52.8 Å². The molecule has 0 radical (unpaired) electrons. The average Bonchev–Trinajstić information content (AvgIpc) is 3.43. The summed E-state index contributed by atoms with van der Waals surface area (Å²) < 4.78 is 5.43. The summed E-state index contributed by atoms with van der Waals surface area (Å²) in [6.45, 7) is 1.84. The number of hydrogen-bond donors (Lipinski definition) is 2. The third kappa shape index (κ3) is 4.44. The van der Waals surface area contributed by atoms with Crippen LogP contribution < -0.4 is 10.1 Å². The van der Waals surface area contributed by atoms with E-state index in [0.29, 0.717) is 44.5 Å². The lowest BCUT2D eigenvalue weighted by Crippen LogP contribution is -2.14. The lowest BCUT2D eigenvalue weighted by molar-refractivity contribution is 0.102. The fourth-order valence-electron chi connectivity index (χ4n) is 4.13. The van der Waals surface area contributed by atoms with Crippen LogP contribution in [0.25, 0.3) is 21.6 Å². The number of carbonyl (C=O) groups excluding carboxylic acids is 1. The second-order valence-electron chi connectivity index (χ2n) is 8.14. The Bertz CT molecular complexity index is 1390. The van der Waals surface area contributed by atoms with Gasteiger partial charge in [-0.1, -0.05) is 22.9 Å². The second kappa shape index (κ2) is 9.21. The number of methoxy groups -OCH3 is 1. The third-order valence-electron chi connectivity index (χ3n) is 5.81. The topological polar surface area (TPSA) is 123 Å².